The zero-order chi connectivity index (χ0) is 16.1. The Morgan fingerprint density at radius 2 is 1.55 bits per heavy atom. The van der Waals surface area contributed by atoms with Crippen molar-refractivity contribution in [3.8, 4) is 0 Å². The molecule has 4 nitrogen and oxygen atoms in total. The zero-order valence-electron chi connectivity index (χ0n) is 13.1. The standard InChI is InChI=1S/C18H20N2O2/c1-12-4-7-15(8-5-12)18(22)19-11-17(21)20-16-9-6-13(2)10-14(16)3/h4-10H,11H2,1-3H3,(H,19,22)(H,20,21). The van der Waals surface area contributed by atoms with Crippen LogP contribution in [0.2, 0.25) is 0 Å². The number of amides is 2. The van der Waals surface area contributed by atoms with Crippen molar-refractivity contribution in [2.75, 3.05) is 11.9 Å². The van der Waals surface area contributed by atoms with Gasteiger partial charge in [-0.2, -0.15) is 0 Å². The van der Waals surface area contributed by atoms with Crippen LogP contribution in [0.4, 0.5) is 5.69 Å². The van der Waals surface area contributed by atoms with Crippen molar-refractivity contribution < 1.29 is 9.59 Å². The lowest BCUT2D eigenvalue weighted by Crippen LogP contribution is -2.33. The number of nitrogens with one attached hydrogen (secondary N) is 2. The second-order valence-corrected chi connectivity index (χ2v) is 5.42. The van der Waals surface area contributed by atoms with Crippen LogP contribution >= 0.6 is 0 Å². The molecular formula is C18H20N2O2. The van der Waals surface area contributed by atoms with Crippen LogP contribution in [0.3, 0.4) is 0 Å². The van der Waals surface area contributed by atoms with E-state index in [0.717, 1.165) is 22.4 Å². The first kappa shape index (κ1) is 15.8. The minimum absolute atomic E-state index is 0.0555. The number of aryl methyl sites for hydroxylation is 3. The van der Waals surface area contributed by atoms with E-state index in [2.05, 4.69) is 10.6 Å². The Morgan fingerprint density at radius 3 is 2.18 bits per heavy atom. The van der Waals surface area contributed by atoms with E-state index in [4.69, 9.17) is 0 Å². The first-order valence-corrected chi connectivity index (χ1v) is 7.17. The second-order valence-electron chi connectivity index (χ2n) is 5.42. The smallest absolute Gasteiger partial charge is 0.251 e. The lowest BCUT2D eigenvalue weighted by atomic mass is 10.1. The fourth-order valence-electron chi connectivity index (χ4n) is 2.12. The minimum atomic E-state index is -0.254. The van der Waals surface area contributed by atoms with Crippen LogP contribution in [0.5, 0.6) is 0 Å². The highest BCUT2D eigenvalue weighted by atomic mass is 16.2. The van der Waals surface area contributed by atoms with E-state index in [1.165, 1.54) is 0 Å². The number of hydrogen-bond acceptors (Lipinski definition) is 2. The molecule has 2 rings (SSSR count). The largest absolute Gasteiger partial charge is 0.343 e. The van der Waals surface area contributed by atoms with E-state index in [1.807, 2.05) is 51.1 Å². The van der Waals surface area contributed by atoms with Gasteiger partial charge in [-0.05, 0) is 44.5 Å². The molecule has 114 valence electrons. The summed E-state index contributed by atoms with van der Waals surface area (Å²) >= 11 is 0. The summed E-state index contributed by atoms with van der Waals surface area (Å²) in [7, 11) is 0. The van der Waals surface area contributed by atoms with Crippen LogP contribution in [0, 0.1) is 20.8 Å². The molecule has 0 aromatic heterocycles. The minimum Gasteiger partial charge on any atom is -0.343 e. The summed E-state index contributed by atoms with van der Waals surface area (Å²) in [6, 6.07) is 13.0. The van der Waals surface area contributed by atoms with Gasteiger partial charge in [-0.25, -0.2) is 0 Å². The molecule has 0 saturated heterocycles. The number of rotatable bonds is 4. The number of benzene rings is 2. The van der Waals surface area contributed by atoms with E-state index in [9.17, 15) is 9.59 Å². The Bertz CT molecular complexity index is 691. The molecule has 22 heavy (non-hydrogen) atoms. The Labute approximate surface area is 130 Å². The molecule has 0 radical (unpaired) electrons. The lowest BCUT2D eigenvalue weighted by Gasteiger charge is -2.10. The van der Waals surface area contributed by atoms with Crippen molar-refractivity contribution in [2.45, 2.75) is 20.8 Å². The van der Waals surface area contributed by atoms with Crippen molar-refractivity contribution in [2.24, 2.45) is 0 Å². The molecule has 0 atom stereocenters. The molecule has 2 aromatic carbocycles. The number of carbonyl (C=O) groups excluding carboxylic acids is 2. The highest BCUT2D eigenvalue weighted by Gasteiger charge is 2.09. The molecule has 0 fully saturated rings. The van der Waals surface area contributed by atoms with E-state index in [-0.39, 0.29) is 18.4 Å². The molecule has 2 amide bonds. The van der Waals surface area contributed by atoms with Crippen LogP contribution < -0.4 is 10.6 Å². The van der Waals surface area contributed by atoms with Gasteiger partial charge in [-0.3, -0.25) is 9.59 Å². The SMILES string of the molecule is Cc1ccc(C(=O)NCC(=O)Nc2ccc(C)cc2C)cc1. The van der Waals surface area contributed by atoms with Crippen molar-refractivity contribution in [3.05, 3.63) is 64.7 Å². The van der Waals surface area contributed by atoms with Crippen molar-refractivity contribution in [1.29, 1.82) is 0 Å². The van der Waals surface area contributed by atoms with Gasteiger partial charge in [0.15, 0.2) is 0 Å². The van der Waals surface area contributed by atoms with Crippen molar-refractivity contribution >= 4 is 17.5 Å². The van der Waals surface area contributed by atoms with Gasteiger partial charge >= 0.3 is 0 Å². The molecule has 0 bridgehead atoms. The van der Waals surface area contributed by atoms with Crippen LogP contribution in [0.15, 0.2) is 42.5 Å². The van der Waals surface area contributed by atoms with Gasteiger partial charge in [0.25, 0.3) is 5.91 Å². The Balaban J connectivity index is 1.89. The Morgan fingerprint density at radius 1 is 0.909 bits per heavy atom. The molecule has 0 saturated carbocycles. The first-order chi connectivity index (χ1) is 10.5. The van der Waals surface area contributed by atoms with Crippen LogP contribution in [0.25, 0.3) is 0 Å². The Hall–Kier alpha value is -2.62. The number of anilines is 1. The second kappa shape index (κ2) is 6.89. The summed E-state index contributed by atoms with van der Waals surface area (Å²) in [5.74, 6) is -0.497. The molecule has 0 spiro atoms. The van der Waals surface area contributed by atoms with Crippen molar-refractivity contribution in [1.82, 2.24) is 5.32 Å². The van der Waals surface area contributed by atoms with Gasteiger partial charge in [0, 0.05) is 11.3 Å². The summed E-state index contributed by atoms with van der Waals surface area (Å²) in [6.07, 6.45) is 0. The molecule has 0 aliphatic heterocycles. The van der Waals surface area contributed by atoms with E-state index >= 15 is 0 Å². The highest BCUT2D eigenvalue weighted by Crippen LogP contribution is 2.15. The summed E-state index contributed by atoms with van der Waals surface area (Å²) in [4.78, 5) is 23.8. The summed E-state index contributed by atoms with van der Waals surface area (Å²) in [6.45, 7) is 5.84. The van der Waals surface area contributed by atoms with E-state index in [1.54, 1.807) is 12.1 Å². The van der Waals surface area contributed by atoms with Crippen LogP contribution in [-0.4, -0.2) is 18.4 Å². The third kappa shape index (κ3) is 4.19. The zero-order valence-corrected chi connectivity index (χ0v) is 13.1. The summed E-state index contributed by atoms with van der Waals surface area (Å²) in [5, 5.41) is 5.42. The molecule has 0 aliphatic rings. The van der Waals surface area contributed by atoms with Gasteiger partial charge in [-0.15, -0.1) is 0 Å². The topological polar surface area (TPSA) is 58.2 Å². The van der Waals surface area contributed by atoms with Gasteiger partial charge in [-0.1, -0.05) is 35.4 Å². The van der Waals surface area contributed by atoms with Crippen LogP contribution in [0.1, 0.15) is 27.0 Å². The Kier molecular flexibility index (Phi) is 4.94. The quantitative estimate of drug-likeness (QED) is 0.911. The molecule has 2 aromatic rings. The molecular weight excluding hydrogens is 276 g/mol. The number of carbonyl (C=O) groups is 2. The lowest BCUT2D eigenvalue weighted by molar-refractivity contribution is -0.115. The average molecular weight is 296 g/mol. The normalized spacial score (nSPS) is 10.1. The molecule has 0 aliphatic carbocycles. The first-order valence-electron chi connectivity index (χ1n) is 7.17. The maximum absolute atomic E-state index is 11.9. The third-order valence-corrected chi connectivity index (χ3v) is 3.38. The van der Waals surface area contributed by atoms with Gasteiger partial charge in [0.1, 0.15) is 0 Å². The van der Waals surface area contributed by atoms with Gasteiger partial charge in [0.2, 0.25) is 5.91 Å². The fraction of sp³-hybridized carbons (Fsp3) is 0.222. The van der Waals surface area contributed by atoms with Crippen molar-refractivity contribution in [3.63, 3.8) is 0 Å². The fourth-order valence-corrected chi connectivity index (χ4v) is 2.12. The summed E-state index contributed by atoms with van der Waals surface area (Å²) in [5.41, 5.74) is 4.54. The number of hydrogen-bond donors (Lipinski definition) is 2. The highest BCUT2D eigenvalue weighted by molar-refractivity contribution is 5.99. The molecule has 4 heteroatoms. The monoisotopic (exact) mass is 296 g/mol. The molecule has 0 unspecified atom stereocenters. The molecule has 2 N–H and O–H groups in total. The van der Waals surface area contributed by atoms with E-state index in [0.29, 0.717) is 5.56 Å². The third-order valence-electron chi connectivity index (χ3n) is 3.38. The van der Waals surface area contributed by atoms with Crippen LogP contribution in [-0.2, 0) is 4.79 Å². The van der Waals surface area contributed by atoms with Gasteiger partial charge < -0.3 is 10.6 Å². The average Bonchev–Trinajstić information content (AvgIpc) is 2.48. The predicted octanol–water partition coefficient (Wildman–Crippen LogP) is 2.98. The summed E-state index contributed by atoms with van der Waals surface area (Å²) < 4.78 is 0. The maximum Gasteiger partial charge on any atom is 0.251 e. The van der Waals surface area contributed by atoms with Gasteiger partial charge in [0.05, 0.1) is 6.54 Å². The predicted molar refractivity (Wildman–Crippen MR) is 88.1 cm³/mol. The molecule has 0 heterocycles. The maximum atomic E-state index is 11.9. The van der Waals surface area contributed by atoms with E-state index < -0.39 is 0 Å².